The number of thiophene rings is 1. The topological polar surface area (TPSA) is 96.2 Å². The highest BCUT2D eigenvalue weighted by atomic mass is 79.9. The second kappa shape index (κ2) is 9.50. The summed E-state index contributed by atoms with van der Waals surface area (Å²) in [6.45, 7) is 0. The largest absolute Gasteiger partial charge is 0.376 e. The lowest BCUT2D eigenvalue weighted by Crippen LogP contribution is -2.34. The Bertz CT molecular complexity index is 945. The second-order valence-corrected chi connectivity index (χ2v) is 7.89. The molecule has 0 bridgehead atoms. The maximum absolute atomic E-state index is 12.0. The fourth-order valence-electron chi connectivity index (χ4n) is 2.75. The highest BCUT2D eigenvalue weighted by molar-refractivity contribution is 9.10. The molecule has 2 amide bonds. The molecule has 5 N–H and O–H groups in total. The van der Waals surface area contributed by atoms with Crippen LogP contribution in [0.1, 0.15) is 27.7 Å². The summed E-state index contributed by atoms with van der Waals surface area (Å²) in [6.07, 6.45) is 0.553. The number of carbonyl (C=O) groups excluding carboxylic acids is 2. The molecule has 0 radical (unpaired) electrons. The number of halogens is 1. The Morgan fingerprint density at radius 3 is 2.54 bits per heavy atom. The zero-order valence-corrected chi connectivity index (χ0v) is 17.2. The quantitative estimate of drug-likeness (QED) is 0.248. The van der Waals surface area contributed by atoms with Gasteiger partial charge in [-0.15, -0.1) is 11.3 Å². The first-order valence-electron chi connectivity index (χ1n) is 8.52. The van der Waals surface area contributed by atoms with Crippen LogP contribution in [0.2, 0.25) is 0 Å². The third-order valence-electron chi connectivity index (χ3n) is 4.07. The maximum Gasteiger partial charge on any atom is 0.333 e. The third kappa shape index (κ3) is 5.19. The normalized spacial score (nSPS) is 14.8. The lowest BCUT2D eigenvalue weighted by molar-refractivity contribution is 0.0972. The van der Waals surface area contributed by atoms with Gasteiger partial charge in [0.25, 0.3) is 0 Å². The van der Waals surface area contributed by atoms with Gasteiger partial charge in [-0.05, 0) is 47.8 Å². The second-order valence-electron chi connectivity index (χ2n) is 5.99. The van der Waals surface area contributed by atoms with E-state index in [1.807, 2.05) is 53.3 Å². The molecule has 1 aliphatic heterocycles. The Hall–Kier alpha value is -2.68. The molecule has 1 aromatic heterocycles. The summed E-state index contributed by atoms with van der Waals surface area (Å²) in [5.74, 6) is 5.11. The van der Waals surface area contributed by atoms with Crippen LogP contribution in [0.5, 0.6) is 0 Å². The summed E-state index contributed by atoms with van der Waals surface area (Å²) in [5, 5.41) is 7.99. The molecule has 8 heteroatoms. The van der Waals surface area contributed by atoms with Crippen molar-refractivity contribution in [2.45, 2.75) is 12.5 Å². The minimum absolute atomic E-state index is 0.141. The minimum Gasteiger partial charge on any atom is -0.376 e. The highest BCUT2D eigenvalue weighted by Gasteiger charge is 2.25. The number of hydrogen-bond acceptors (Lipinski definition) is 5. The van der Waals surface area contributed by atoms with Crippen molar-refractivity contribution >= 4 is 50.5 Å². The van der Waals surface area contributed by atoms with E-state index in [-0.39, 0.29) is 11.8 Å². The Balaban J connectivity index is 0.000000169. The molecule has 0 spiro atoms. The number of rotatable bonds is 2. The lowest BCUT2D eigenvalue weighted by atomic mass is 9.96. The van der Waals surface area contributed by atoms with Crippen molar-refractivity contribution < 1.29 is 9.59 Å². The Kier molecular flexibility index (Phi) is 6.80. The molecule has 0 aliphatic carbocycles. The number of benzene rings is 2. The van der Waals surface area contributed by atoms with Crippen molar-refractivity contribution in [2.75, 3.05) is 10.6 Å². The van der Waals surface area contributed by atoms with Crippen LogP contribution in [0.15, 0.2) is 70.5 Å². The van der Waals surface area contributed by atoms with Crippen LogP contribution < -0.4 is 21.9 Å². The van der Waals surface area contributed by atoms with E-state index in [0.717, 1.165) is 15.7 Å². The smallest absolute Gasteiger partial charge is 0.333 e. The summed E-state index contributed by atoms with van der Waals surface area (Å²) < 4.78 is 0.959. The molecule has 0 saturated carbocycles. The van der Waals surface area contributed by atoms with E-state index >= 15 is 0 Å². The van der Waals surface area contributed by atoms with E-state index < -0.39 is 6.03 Å². The first kappa shape index (κ1) is 20.1. The lowest BCUT2D eigenvalue weighted by Gasteiger charge is -2.25. The fraction of sp³-hybridized carbons (Fsp3) is 0.100. The predicted octanol–water partition coefficient (Wildman–Crippen LogP) is 4.93. The number of hydrazine groups is 1. The average Bonchev–Trinajstić information content (AvgIpc) is 3.25. The first-order chi connectivity index (χ1) is 13.6. The van der Waals surface area contributed by atoms with Gasteiger partial charge in [0, 0.05) is 32.7 Å². The Morgan fingerprint density at radius 2 is 1.86 bits per heavy atom. The van der Waals surface area contributed by atoms with Gasteiger partial charge in [-0.3, -0.25) is 10.2 Å². The van der Waals surface area contributed by atoms with Crippen LogP contribution in [0.3, 0.4) is 0 Å². The summed E-state index contributed by atoms with van der Waals surface area (Å²) in [5.41, 5.74) is 4.43. The van der Waals surface area contributed by atoms with E-state index in [4.69, 9.17) is 5.84 Å². The number of nitrogens with two attached hydrogens (primary N) is 1. The summed E-state index contributed by atoms with van der Waals surface area (Å²) in [7, 11) is 0. The predicted molar refractivity (Wildman–Crippen MR) is 117 cm³/mol. The van der Waals surface area contributed by atoms with Gasteiger partial charge in [0.2, 0.25) is 0 Å². The number of Topliss-reactive ketones (excluding diaryl/α,β-unsaturated/α-hetero) is 1. The number of amides is 2. The van der Waals surface area contributed by atoms with Gasteiger partial charge in [0.1, 0.15) is 0 Å². The average molecular weight is 459 g/mol. The van der Waals surface area contributed by atoms with Crippen molar-refractivity contribution in [3.05, 3.63) is 81.0 Å². The molecule has 2 heterocycles. The molecule has 6 nitrogen and oxygen atoms in total. The molecule has 2 aromatic carbocycles. The van der Waals surface area contributed by atoms with Crippen LogP contribution in [0, 0.1) is 0 Å². The molecule has 28 heavy (non-hydrogen) atoms. The number of hydrogen-bond donors (Lipinski definition) is 4. The van der Waals surface area contributed by atoms with E-state index in [0.29, 0.717) is 12.1 Å². The molecular formula is C20H19BrN4O2S. The zero-order valence-electron chi connectivity index (χ0n) is 14.8. The van der Waals surface area contributed by atoms with Crippen LogP contribution in [-0.2, 0) is 0 Å². The molecule has 144 valence electrons. The maximum atomic E-state index is 12.0. The molecule has 4 rings (SSSR count). The summed E-state index contributed by atoms with van der Waals surface area (Å²) in [4.78, 5) is 23.9. The number of anilines is 2. The molecule has 1 unspecified atom stereocenters. The van der Waals surface area contributed by atoms with Gasteiger partial charge >= 0.3 is 6.03 Å². The SMILES string of the molecule is NNC(=O)Nc1ccc(Br)cc1.O=C1CC(c2cccs2)Nc2ccccc21. The van der Waals surface area contributed by atoms with Crippen molar-refractivity contribution in [1.82, 2.24) is 5.43 Å². The Morgan fingerprint density at radius 1 is 1.11 bits per heavy atom. The van der Waals surface area contributed by atoms with Crippen molar-refractivity contribution in [3.63, 3.8) is 0 Å². The summed E-state index contributed by atoms with van der Waals surface area (Å²) in [6, 6.07) is 18.7. The molecule has 1 aliphatic rings. The van der Waals surface area contributed by atoms with Gasteiger partial charge in [-0.2, -0.15) is 0 Å². The van der Waals surface area contributed by atoms with Crippen LogP contribution in [0.25, 0.3) is 0 Å². The van der Waals surface area contributed by atoms with Gasteiger partial charge in [-0.25, -0.2) is 10.6 Å². The van der Waals surface area contributed by atoms with Crippen molar-refractivity contribution in [2.24, 2.45) is 5.84 Å². The molecule has 1 atom stereocenters. The number of para-hydroxylation sites is 1. The molecule has 0 fully saturated rings. The van der Waals surface area contributed by atoms with Crippen molar-refractivity contribution in [3.8, 4) is 0 Å². The Labute approximate surface area is 175 Å². The molecule has 0 saturated heterocycles. The number of urea groups is 1. The molecule has 3 aromatic rings. The fourth-order valence-corrected chi connectivity index (χ4v) is 3.79. The van der Waals surface area contributed by atoms with Crippen LogP contribution in [0.4, 0.5) is 16.2 Å². The van der Waals surface area contributed by atoms with Crippen LogP contribution in [-0.4, -0.2) is 11.8 Å². The molecular weight excluding hydrogens is 440 g/mol. The minimum atomic E-state index is -0.433. The zero-order chi connectivity index (χ0) is 19.9. The van der Waals surface area contributed by atoms with Crippen LogP contribution >= 0.6 is 27.3 Å². The van der Waals surface area contributed by atoms with E-state index in [2.05, 4.69) is 32.6 Å². The number of ketones is 1. The first-order valence-corrected chi connectivity index (χ1v) is 10.2. The van der Waals surface area contributed by atoms with E-state index in [1.54, 1.807) is 23.5 Å². The van der Waals surface area contributed by atoms with Gasteiger partial charge in [0.05, 0.1) is 6.04 Å². The van der Waals surface area contributed by atoms with E-state index in [9.17, 15) is 9.59 Å². The monoisotopic (exact) mass is 458 g/mol. The summed E-state index contributed by atoms with van der Waals surface area (Å²) >= 11 is 4.97. The van der Waals surface area contributed by atoms with Gasteiger partial charge in [-0.1, -0.05) is 34.1 Å². The van der Waals surface area contributed by atoms with E-state index in [1.165, 1.54) is 4.88 Å². The number of carbonyl (C=O) groups is 2. The number of fused-ring (bicyclic) bond motifs is 1. The highest BCUT2D eigenvalue weighted by Crippen LogP contribution is 2.33. The van der Waals surface area contributed by atoms with Gasteiger partial charge < -0.3 is 10.6 Å². The third-order valence-corrected chi connectivity index (χ3v) is 5.58. The van der Waals surface area contributed by atoms with Crippen molar-refractivity contribution in [1.29, 1.82) is 0 Å². The standard InChI is InChI=1S/C13H11NOS.C7H8BrN3O/c15-12-8-11(13-6-3-7-16-13)14-10-5-2-1-4-9(10)12;8-5-1-3-6(4-2-5)10-7(12)11-9/h1-7,11,14H,8H2;1-4H,9H2,(H2,10,11,12). The van der Waals surface area contributed by atoms with Gasteiger partial charge in [0.15, 0.2) is 5.78 Å². The number of nitrogens with one attached hydrogen (secondary N) is 3.